The first-order chi connectivity index (χ1) is 14.5. The number of nitrogens with one attached hydrogen (secondary N) is 1. The van der Waals surface area contributed by atoms with Crippen molar-refractivity contribution in [2.45, 2.75) is 59.5 Å². The highest BCUT2D eigenvalue weighted by molar-refractivity contribution is 5.43. The number of hydrogen-bond donors (Lipinski definition) is 1. The van der Waals surface area contributed by atoms with Crippen LogP contribution in [0.15, 0.2) is 18.3 Å². The van der Waals surface area contributed by atoms with E-state index in [1.54, 1.807) is 0 Å². The lowest BCUT2D eigenvalue weighted by Gasteiger charge is -2.45. The van der Waals surface area contributed by atoms with Gasteiger partial charge < -0.3 is 15.0 Å². The molecule has 2 aliphatic rings. The molecule has 3 heterocycles. The molecule has 6 heteroatoms. The van der Waals surface area contributed by atoms with Crippen molar-refractivity contribution in [3.8, 4) is 0 Å². The van der Waals surface area contributed by atoms with Gasteiger partial charge in [0.1, 0.15) is 5.82 Å². The fourth-order valence-electron chi connectivity index (χ4n) is 4.35. The van der Waals surface area contributed by atoms with Crippen molar-refractivity contribution >= 4 is 5.82 Å². The summed E-state index contributed by atoms with van der Waals surface area (Å²) in [5.41, 5.74) is 1.37. The molecule has 0 radical (unpaired) electrons. The van der Waals surface area contributed by atoms with Gasteiger partial charge >= 0.3 is 0 Å². The van der Waals surface area contributed by atoms with Crippen molar-refractivity contribution < 1.29 is 4.74 Å². The van der Waals surface area contributed by atoms with E-state index in [9.17, 15) is 0 Å². The average molecular weight is 420 g/mol. The molecule has 0 saturated carbocycles. The molecule has 172 valence electrons. The zero-order valence-corrected chi connectivity index (χ0v) is 20.2. The van der Waals surface area contributed by atoms with E-state index in [1.807, 2.05) is 20.0 Å². The van der Waals surface area contributed by atoms with Crippen molar-refractivity contribution in [1.29, 1.82) is 0 Å². The van der Waals surface area contributed by atoms with Crippen LogP contribution in [-0.2, 0) is 4.74 Å². The monoisotopic (exact) mass is 419 g/mol. The summed E-state index contributed by atoms with van der Waals surface area (Å²) in [7, 11) is 0. The largest absolute Gasteiger partial charge is 0.379 e. The third-order valence-corrected chi connectivity index (χ3v) is 6.12. The van der Waals surface area contributed by atoms with Crippen LogP contribution >= 0.6 is 0 Å². The van der Waals surface area contributed by atoms with Crippen molar-refractivity contribution in [3.05, 3.63) is 23.9 Å². The molecule has 0 aromatic carbocycles. The summed E-state index contributed by atoms with van der Waals surface area (Å²) >= 11 is 0. The molecule has 1 aromatic rings. The fraction of sp³-hybridized carbons (Fsp3) is 0.792. The number of nitrogens with zero attached hydrogens (tertiary/aromatic N) is 4. The number of anilines is 1. The summed E-state index contributed by atoms with van der Waals surface area (Å²) in [5.74, 6) is 1.66. The zero-order valence-electron chi connectivity index (χ0n) is 20.2. The Kier molecular flexibility index (Phi) is 11.1. The van der Waals surface area contributed by atoms with E-state index in [4.69, 9.17) is 4.74 Å². The summed E-state index contributed by atoms with van der Waals surface area (Å²) in [6.07, 6.45) is 1.96. The van der Waals surface area contributed by atoms with E-state index in [1.165, 1.54) is 5.56 Å². The SMILES string of the molecule is CC.CC(C)c1ccnc(N2C[C@@H](C)N(CCOCCN3CCNCC3)[C@@H](C)C2)c1. The molecular formula is C24H45N5O. The lowest BCUT2D eigenvalue weighted by Crippen LogP contribution is -2.57. The van der Waals surface area contributed by atoms with Crippen LogP contribution in [0.5, 0.6) is 0 Å². The number of piperazine rings is 2. The van der Waals surface area contributed by atoms with Gasteiger partial charge in [-0.25, -0.2) is 4.98 Å². The lowest BCUT2D eigenvalue weighted by atomic mass is 10.0. The van der Waals surface area contributed by atoms with Crippen LogP contribution in [0.1, 0.15) is 53.0 Å². The Labute approximate surface area is 185 Å². The molecule has 2 atom stereocenters. The summed E-state index contributed by atoms with van der Waals surface area (Å²) in [4.78, 5) is 12.2. The second kappa shape index (κ2) is 13.3. The predicted molar refractivity (Wildman–Crippen MR) is 128 cm³/mol. The van der Waals surface area contributed by atoms with Gasteiger partial charge in [-0.3, -0.25) is 9.80 Å². The topological polar surface area (TPSA) is 43.9 Å². The van der Waals surface area contributed by atoms with Gasteiger partial charge in [-0.2, -0.15) is 0 Å². The van der Waals surface area contributed by atoms with Gasteiger partial charge in [-0.15, -0.1) is 0 Å². The number of rotatable bonds is 8. The van der Waals surface area contributed by atoms with Crippen LogP contribution in [0, 0.1) is 0 Å². The molecule has 3 rings (SSSR count). The first-order valence-corrected chi connectivity index (χ1v) is 12.0. The second-order valence-electron chi connectivity index (χ2n) is 8.65. The van der Waals surface area contributed by atoms with Gasteiger partial charge in [0.05, 0.1) is 13.2 Å². The molecule has 1 aromatic heterocycles. The van der Waals surface area contributed by atoms with Gasteiger partial charge in [0.25, 0.3) is 0 Å². The highest BCUT2D eigenvalue weighted by Gasteiger charge is 2.29. The summed E-state index contributed by atoms with van der Waals surface area (Å²) in [5, 5.41) is 3.40. The van der Waals surface area contributed by atoms with Crippen LogP contribution in [0.25, 0.3) is 0 Å². The smallest absolute Gasteiger partial charge is 0.128 e. The predicted octanol–water partition coefficient (Wildman–Crippen LogP) is 3.05. The highest BCUT2D eigenvalue weighted by Crippen LogP contribution is 2.23. The molecule has 0 bridgehead atoms. The van der Waals surface area contributed by atoms with Crippen LogP contribution in [0.3, 0.4) is 0 Å². The molecule has 0 spiro atoms. The standard InChI is InChI=1S/C22H39N5O.C2H6/c1-18(2)21-5-6-24-22(15-21)26-16-19(3)27(20(4)17-26)12-14-28-13-11-25-9-7-23-8-10-25;1-2/h5-6,15,18-20,23H,7-14,16-17H2,1-4H3;1-2H3/t19-,20+;. The molecule has 2 aliphatic heterocycles. The maximum atomic E-state index is 5.96. The van der Waals surface area contributed by atoms with Gasteiger partial charge in [0.2, 0.25) is 0 Å². The number of hydrogen-bond acceptors (Lipinski definition) is 6. The normalized spacial score (nSPS) is 23.4. The van der Waals surface area contributed by atoms with E-state index < -0.39 is 0 Å². The van der Waals surface area contributed by atoms with E-state index in [-0.39, 0.29) is 0 Å². The Morgan fingerprint density at radius 1 is 1.07 bits per heavy atom. The van der Waals surface area contributed by atoms with E-state index in [0.717, 1.165) is 71.4 Å². The van der Waals surface area contributed by atoms with Crippen LogP contribution in [-0.4, -0.2) is 92.4 Å². The van der Waals surface area contributed by atoms with Crippen LogP contribution in [0.2, 0.25) is 0 Å². The fourth-order valence-corrected chi connectivity index (χ4v) is 4.35. The lowest BCUT2D eigenvalue weighted by molar-refractivity contribution is 0.0514. The zero-order chi connectivity index (χ0) is 21.9. The van der Waals surface area contributed by atoms with Crippen LogP contribution < -0.4 is 10.2 Å². The number of aromatic nitrogens is 1. The molecule has 0 aliphatic carbocycles. The summed E-state index contributed by atoms with van der Waals surface area (Å²) < 4.78 is 5.96. The summed E-state index contributed by atoms with van der Waals surface area (Å²) in [6.45, 7) is 23.4. The molecule has 6 nitrogen and oxygen atoms in total. The molecule has 2 saturated heterocycles. The Balaban J connectivity index is 0.00000155. The van der Waals surface area contributed by atoms with E-state index >= 15 is 0 Å². The van der Waals surface area contributed by atoms with Gasteiger partial charge in [-0.05, 0) is 37.5 Å². The molecule has 2 fully saturated rings. The Hall–Kier alpha value is -1.21. The molecule has 0 unspecified atom stereocenters. The minimum Gasteiger partial charge on any atom is -0.379 e. The maximum Gasteiger partial charge on any atom is 0.128 e. The van der Waals surface area contributed by atoms with E-state index in [2.05, 4.69) is 64.8 Å². The first-order valence-electron chi connectivity index (χ1n) is 12.0. The number of pyridine rings is 1. The Bertz CT molecular complexity index is 579. The Morgan fingerprint density at radius 3 is 2.33 bits per heavy atom. The summed E-state index contributed by atoms with van der Waals surface area (Å²) in [6, 6.07) is 5.41. The van der Waals surface area contributed by atoms with Crippen molar-refractivity contribution in [2.75, 3.05) is 70.5 Å². The second-order valence-corrected chi connectivity index (χ2v) is 8.65. The van der Waals surface area contributed by atoms with Crippen molar-refractivity contribution in [3.63, 3.8) is 0 Å². The molecule has 1 N–H and O–H groups in total. The van der Waals surface area contributed by atoms with Gasteiger partial charge in [0, 0.05) is 70.6 Å². The maximum absolute atomic E-state index is 5.96. The van der Waals surface area contributed by atoms with E-state index in [0.29, 0.717) is 18.0 Å². The number of ether oxygens (including phenoxy) is 1. The minimum atomic E-state index is 0.505. The van der Waals surface area contributed by atoms with Gasteiger partial charge in [-0.1, -0.05) is 27.7 Å². The van der Waals surface area contributed by atoms with Gasteiger partial charge in [0.15, 0.2) is 0 Å². The third kappa shape index (κ3) is 7.49. The average Bonchev–Trinajstić information content (AvgIpc) is 2.77. The molecule has 0 amide bonds. The third-order valence-electron chi connectivity index (χ3n) is 6.12. The van der Waals surface area contributed by atoms with Crippen LogP contribution in [0.4, 0.5) is 5.82 Å². The molecule has 30 heavy (non-hydrogen) atoms. The van der Waals surface area contributed by atoms with Crippen molar-refractivity contribution in [1.82, 2.24) is 20.1 Å². The van der Waals surface area contributed by atoms with Crippen molar-refractivity contribution in [2.24, 2.45) is 0 Å². The first kappa shape index (κ1) is 25.1. The molecular weight excluding hydrogens is 374 g/mol. The highest BCUT2D eigenvalue weighted by atomic mass is 16.5. The quantitative estimate of drug-likeness (QED) is 0.654. The Morgan fingerprint density at radius 2 is 1.70 bits per heavy atom. The minimum absolute atomic E-state index is 0.505.